The molecule has 114 valence electrons. The van der Waals surface area contributed by atoms with E-state index in [0.29, 0.717) is 6.54 Å². The van der Waals surface area contributed by atoms with E-state index in [2.05, 4.69) is 17.6 Å². The van der Waals surface area contributed by atoms with Gasteiger partial charge in [0.25, 0.3) is 0 Å². The highest BCUT2D eigenvalue weighted by Crippen LogP contribution is 2.48. The minimum atomic E-state index is -1.17. The predicted molar refractivity (Wildman–Crippen MR) is 82.0 cm³/mol. The Morgan fingerprint density at radius 1 is 1.38 bits per heavy atom. The maximum atomic E-state index is 11.9. The monoisotopic (exact) mass is 310 g/mol. The Kier molecular flexibility index (Phi) is 4.73. The molecule has 3 N–H and O–H groups in total. The van der Waals surface area contributed by atoms with Crippen LogP contribution in [0.25, 0.3) is 0 Å². The Balaban J connectivity index is 1.97. The van der Waals surface area contributed by atoms with E-state index < -0.39 is 12.0 Å². The second kappa shape index (κ2) is 6.35. The first-order valence-corrected chi connectivity index (χ1v) is 7.42. The van der Waals surface area contributed by atoms with Crippen molar-refractivity contribution in [3.63, 3.8) is 0 Å². The molecule has 0 bridgehead atoms. The molecule has 2 amide bonds. The highest BCUT2D eigenvalue weighted by Gasteiger charge is 2.41. The molecular formula is C15H19ClN2O3. The number of anilines is 1. The average Bonchev–Trinajstić information content (AvgIpc) is 3.17. The number of carbonyl (C=O) groups excluding carboxylic acids is 1. The lowest BCUT2D eigenvalue weighted by atomic mass is 10.0. The van der Waals surface area contributed by atoms with Crippen molar-refractivity contribution in [1.29, 1.82) is 0 Å². The summed E-state index contributed by atoms with van der Waals surface area (Å²) in [7, 11) is 0. The molecule has 0 atom stereocenters. The number of amides is 2. The summed E-state index contributed by atoms with van der Waals surface area (Å²) in [5.41, 5.74) is 0.354. The van der Waals surface area contributed by atoms with E-state index in [1.807, 2.05) is 0 Å². The lowest BCUT2D eigenvalue weighted by Crippen LogP contribution is -2.34. The predicted octanol–water partition coefficient (Wildman–Crippen LogP) is 3.74. The van der Waals surface area contributed by atoms with Crippen LogP contribution >= 0.6 is 11.6 Å². The van der Waals surface area contributed by atoms with Crippen molar-refractivity contribution in [3.8, 4) is 0 Å². The SMILES string of the molecule is CCCC1(CNC(=O)Nc2cccc(Cl)c2C(=O)O)CC1. The fourth-order valence-corrected chi connectivity index (χ4v) is 2.76. The number of hydrogen-bond donors (Lipinski definition) is 3. The summed E-state index contributed by atoms with van der Waals surface area (Å²) in [6.45, 7) is 2.75. The molecule has 1 saturated carbocycles. The number of carboxylic acid groups (broad SMARTS) is 1. The molecule has 0 saturated heterocycles. The van der Waals surface area contributed by atoms with E-state index in [9.17, 15) is 9.59 Å². The molecule has 0 aliphatic heterocycles. The molecule has 0 spiro atoms. The molecule has 6 heteroatoms. The van der Waals surface area contributed by atoms with Crippen LogP contribution in [0.3, 0.4) is 0 Å². The zero-order valence-electron chi connectivity index (χ0n) is 11.9. The summed E-state index contributed by atoms with van der Waals surface area (Å²) in [4.78, 5) is 23.1. The molecule has 21 heavy (non-hydrogen) atoms. The summed E-state index contributed by atoms with van der Waals surface area (Å²) in [6.07, 6.45) is 4.48. The van der Waals surface area contributed by atoms with E-state index in [-0.39, 0.29) is 21.7 Å². The van der Waals surface area contributed by atoms with Gasteiger partial charge in [0.15, 0.2) is 0 Å². The van der Waals surface area contributed by atoms with Gasteiger partial charge in [-0.3, -0.25) is 0 Å². The molecule has 0 radical (unpaired) electrons. The fourth-order valence-electron chi connectivity index (χ4n) is 2.50. The normalized spacial score (nSPS) is 15.3. The van der Waals surface area contributed by atoms with Crippen molar-refractivity contribution in [1.82, 2.24) is 5.32 Å². The quantitative estimate of drug-likeness (QED) is 0.749. The van der Waals surface area contributed by atoms with Gasteiger partial charge in [0.2, 0.25) is 0 Å². The number of carboxylic acids is 1. The third kappa shape index (κ3) is 3.88. The van der Waals surface area contributed by atoms with Gasteiger partial charge in [-0.05, 0) is 36.8 Å². The van der Waals surface area contributed by atoms with Crippen molar-refractivity contribution in [2.75, 3.05) is 11.9 Å². The van der Waals surface area contributed by atoms with Crippen LogP contribution < -0.4 is 10.6 Å². The van der Waals surface area contributed by atoms with Crippen molar-refractivity contribution < 1.29 is 14.7 Å². The number of nitrogens with one attached hydrogen (secondary N) is 2. The highest BCUT2D eigenvalue weighted by molar-refractivity contribution is 6.34. The van der Waals surface area contributed by atoms with Crippen LogP contribution in [-0.2, 0) is 0 Å². The van der Waals surface area contributed by atoms with Crippen molar-refractivity contribution in [3.05, 3.63) is 28.8 Å². The van der Waals surface area contributed by atoms with Gasteiger partial charge in [-0.15, -0.1) is 0 Å². The third-order valence-electron chi connectivity index (χ3n) is 3.84. The minimum Gasteiger partial charge on any atom is -0.478 e. The molecule has 1 fully saturated rings. The Labute approximate surface area is 128 Å². The van der Waals surface area contributed by atoms with E-state index in [4.69, 9.17) is 16.7 Å². The van der Waals surface area contributed by atoms with Gasteiger partial charge < -0.3 is 15.7 Å². The number of rotatable bonds is 6. The van der Waals surface area contributed by atoms with E-state index in [1.54, 1.807) is 6.07 Å². The first kappa shape index (κ1) is 15.6. The molecule has 5 nitrogen and oxygen atoms in total. The van der Waals surface area contributed by atoms with Gasteiger partial charge in [-0.2, -0.15) is 0 Å². The van der Waals surface area contributed by atoms with Crippen LogP contribution in [0.4, 0.5) is 10.5 Å². The Morgan fingerprint density at radius 2 is 2.10 bits per heavy atom. The number of halogens is 1. The number of urea groups is 1. The Morgan fingerprint density at radius 3 is 2.67 bits per heavy atom. The molecule has 1 aromatic carbocycles. The molecule has 1 aliphatic rings. The molecule has 2 rings (SSSR count). The molecule has 1 aliphatic carbocycles. The molecular weight excluding hydrogens is 292 g/mol. The largest absolute Gasteiger partial charge is 0.478 e. The summed E-state index contributed by atoms with van der Waals surface area (Å²) < 4.78 is 0. The standard InChI is InChI=1S/C15H19ClN2O3/c1-2-6-15(7-8-15)9-17-14(21)18-11-5-3-4-10(16)12(11)13(19)20/h3-5H,2,6-9H2,1H3,(H,19,20)(H2,17,18,21). The summed E-state index contributed by atoms with van der Waals surface area (Å²) in [5.74, 6) is -1.17. The second-order valence-corrected chi connectivity index (χ2v) is 5.93. The molecule has 0 unspecified atom stereocenters. The van der Waals surface area contributed by atoms with Crippen LogP contribution in [0.15, 0.2) is 18.2 Å². The lowest BCUT2D eigenvalue weighted by Gasteiger charge is -2.16. The Bertz CT molecular complexity index is 556. The Hall–Kier alpha value is -1.75. The van der Waals surface area contributed by atoms with Gasteiger partial charge in [0.1, 0.15) is 5.56 Å². The number of benzene rings is 1. The first-order valence-electron chi connectivity index (χ1n) is 7.04. The average molecular weight is 311 g/mol. The van der Waals surface area contributed by atoms with Crippen LogP contribution in [0.1, 0.15) is 43.0 Å². The summed E-state index contributed by atoms with van der Waals surface area (Å²) in [5, 5.41) is 14.6. The highest BCUT2D eigenvalue weighted by atomic mass is 35.5. The van der Waals surface area contributed by atoms with Crippen molar-refractivity contribution >= 4 is 29.3 Å². The van der Waals surface area contributed by atoms with E-state index >= 15 is 0 Å². The molecule has 0 aromatic heterocycles. The molecule has 0 heterocycles. The molecule has 1 aromatic rings. The smallest absolute Gasteiger partial charge is 0.339 e. The third-order valence-corrected chi connectivity index (χ3v) is 4.15. The van der Waals surface area contributed by atoms with Crippen LogP contribution in [0.5, 0.6) is 0 Å². The van der Waals surface area contributed by atoms with Gasteiger partial charge in [0.05, 0.1) is 10.7 Å². The van der Waals surface area contributed by atoms with E-state index in [1.165, 1.54) is 12.1 Å². The second-order valence-electron chi connectivity index (χ2n) is 5.53. The van der Waals surface area contributed by atoms with Crippen molar-refractivity contribution in [2.45, 2.75) is 32.6 Å². The number of hydrogen-bond acceptors (Lipinski definition) is 2. The van der Waals surface area contributed by atoms with Gasteiger partial charge in [0, 0.05) is 6.54 Å². The summed E-state index contributed by atoms with van der Waals surface area (Å²) >= 11 is 5.86. The van der Waals surface area contributed by atoms with Gasteiger partial charge in [-0.1, -0.05) is 31.0 Å². The van der Waals surface area contributed by atoms with Crippen LogP contribution in [-0.4, -0.2) is 23.7 Å². The van der Waals surface area contributed by atoms with Crippen LogP contribution in [0, 0.1) is 5.41 Å². The minimum absolute atomic E-state index is 0.0935. The summed E-state index contributed by atoms with van der Waals surface area (Å²) in [6, 6.07) is 4.20. The van der Waals surface area contributed by atoms with Gasteiger partial charge >= 0.3 is 12.0 Å². The zero-order chi connectivity index (χ0) is 15.5. The maximum absolute atomic E-state index is 11.9. The maximum Gasteiger partial charge on any atom is 0.339 e. The zero-order valence-corrected chi connectivity index (χ0v) is 12.7. The number of carbonyl (C=O) groups is 2. The van der Waals surface area contributed by atoms with Crippen molar-refractivity contribution in [2.24, 2.45) is 5.41 Å². The fraction of sp³-hybridized carbons (Fsp3) is 0.467. The number of aromatic carboxylic acids is 1. The van der Waals surface area contributed by atoms with E-state index in [0.717, 1.165) is 25.7 Å². The lowest BCUT2D eigenvalue weighted by molar-refractivity contribution is 0.0698. The topological polar surface area (TPSA) is 78.4 Å². The first-order chi connectivity index (χ1) is 9.97. The van der Waals surface area contributed by atoms with Crippen LogP contribution in [0.2, 0.25) is 5.02 Å². The van der Waals surface area contributed by atoms with Gasteiger partial charge in [-0.25, -0.2) is 9.59 Å².